The van der Waals surface area contributed by atoms with Gasteiger partial charge in [0, 0.05) is 36.0 Å². The first-order valence-electron chi connectivity index (χ1n) is 13.8. The summed E-state index contributed by atoms with van der Waals surface area (Å²) in [6.45, 7) is 10.8. The van der Waals surface area contributed by atoms with Crippen molar-refractivity contribution in [1.82, 2.24) is 10.2 Å². The second-order valence-corrected chi connectivity index (χ2v) is 10.8. The predicted octanol–water partition coefficient (Wildman–Crippen LogP) is 5.26. The number of ether oxygens (including phenoxy) is 4. The van der Waals surface area contributed by atoms with Crippen LogP contribution in [0.1, 0.15) is 64.6 Å². The fourth-order valence-electron chi connectivity index (χ4n) is 4.29. The Balaban J connectivity index is 1.86. The number of anilines is 1. The summed E-state index contributed by atoms with van der Waals surface area (Å²) in [7, 11) is 2.03. The van der Waals surface area contributed by atoms with E-state index in [1.807, 2.05) is 14.0 Å². The first-order valence-corrected chi connectivity index (χ1v) is 13.8. The largest absolute Gasteiger partial charge is 0.494 e. The third-order valence-corrected chi connectivity index (χ3v) is 6.25. The molecule has 1 aliphatic heterocycles. The number of likely N-dealkylation sites (tertiary alicyclic amines) is 1. The zero-order valence-electron chi connectivity index (χ0n) is 24.6. The number of hydrogen-bond donors (Lipinski definition) is 3. The first-order chi connectivity index (χ1) is 19.4. The Bertz CT molecular complexity index is 1210. The SMILES string of the molecule is CCOC(=O)C(Nc1ccc(C(=N)NC(=O)OC(C)(C)C)cc1)c1cc(OCC)cc(OC2CCN(C)CC2)c1F. The fraction of sp³-hybridized carbons (Fsp3) is 0.500. The van der Waals surface area contributed by atoms with Gasteiger partial charge in [0.05, 0.1) is 13.2 Å². The third kappa shape index (κ3) is 9.34. The topological polar surface area (TPSA) is 122 Å². The van der Waals surface area contributed by atoms with Crippen molar-refractivity contribution < 1.29 is 32.9 Å². The van der Waals surface area contributed by atoms with Crippen molar-refractivity contribution in [2.75, 3.05) is 38.7 Å². The molecule has 1 aliphatic rings. The number of nitrogens with zero attached hydrogens (tertiary/aromatic N) is 1. The van der Waals surface area contributed by atoms with Crippen molar-refractivity contribution in [2.24, 2.45) is 0 Å². The smallest absolute Gasteiger partial charge is 0.413 e. The molecule has 0 radical (unpaired) electrons. The van der Waals surface area contributed by atoms with Gasteiger partial charge >= 0.3 is 12.1 Å². The number of amidine groups is 1. The summed E-state index contributed by atoms with van der Waals surface area (Å²) in [6.07, 6.45) is 0.619. The van der Waals surface area contributed by atoms with Crippen LogP contribution in [0.2, 0.25) is 0 Å². The molecule has 41 heavy (non-hydrogen) atoms. The van der Waals surface area contributed by atoms with Crippen LogP contribution in [0.3, 0.4) is 0 Å². The van der Waals surface area contributed by atoms with Crippen molar-refractivity contribution in [3.05, 3.63) is 53.3 Å². The number of piperidine rings is 1. The van der Waals surface area contributed by atoms with E-state index in [0.29, 0.717) is 23.6 Å². The molecule has 0 aromatic heterocycles. The molecule has 1 unspecified atom stereocenters. The molecule has 3 N–H and O–H groups in total. The molecule has 1 fully saturated rings. The predicted molar refractivity (Wildman–Crippen MR) is 154 cm³/mol. The maximum Gasteiger partial charge on any atom is 0.413 e. The van der Waals surface area contributed by atoms with E-state index >= 15 is 4.39 Å². The lowest BCUT2D eigenvalue weighted by molar-refractivity contribution is -0.144. The molecule has 1 heterocycles. The Kier molecular flexibility index (Phi) is 10.9. The van der Waals surface area contributed by atoms with E-state index in [-0.39, 0.29) is 29.9 Å². The van der Waals surface area contributed by atoms with Gasteiger partial charge in [0.1, 0.15) is 23.3 Å². The Morgan fingerprint density at radius 2 is 1.76 bits per heavy atom. The molecule has 1 amide bonds. The van der Waals surface area contributed by atoms with Gasteiger partial charge in [0.2, 0.25) is 0 Å². The second kappa shape index (κ2) is 14.2. The molecule has 0 saturated carbocycles. The number of hydrogen-bond acceptors (Lipinski definition) is 9. The number of nitrogens with one attached hydrogen (secondary N) is 3. The summed E-state index contributed by atoms with van der Waals surface area (Å²) in [6, 6.07) is 8.20. The molecule has 1 saturated heterocycles. The molecular formula is C30H41FN4O6. The molecule has 0 bridgehead atoms. The third-order valence-electron chi connectivity index (χ3n) is 6.25. The highest BCUT2D eigenvalue weighted by Crippen LogP contribution is 2.35. The van der Waals surface area contributed by atoms with Crippen LogP contribution >= 0.6 is 0 Å². The molecular weight excluding hydrogens is 531 g/mol. The number of carbonyl (C=O) groups excluding carboxylic acids is 2. The number of alkyl carbamates (subject to hydrolysis) is 1. The van der Waals surface area contributed by atoms with Gasteiger partial charge in [-0.05, 0) is 84.8 Å². The normalized spacial score (nSPS) is 15.0. The van der Waals surface area contributed by atoms with Crippen LogP contribution in [0.5, 0.6) is 11.5 Å². The highest BCUT2D eigenvalue weighted by atomic mass is 19.1. The average Bonchev–Trinajstić information content (AvgIpc) is 2.90. The van der Waals surface area contributed by atoms with Gasteiger partial charge in [-0.1, -0.05) is 0 Å². The van der Waals surface area contributed by atoms with Crippen molar-refractivity contribution in [3.63, 3.8) is 0 Å². The zero-order valence-corrected chi connectivity index (χ0v) is 24.6. The molecule has 3 rings (SSSR count). The minimum atomic E-state index is -1.21. The molecule has 10 nitrogen and oxygen atoms in total. The number of esters is 1. The Morgan fingerprint density at radius 3 is 2.34 bits per heavy atom. The summed E-state index contributed by atoms with van der Waals surface area (Å²) in [5.41, 5.74) is 0.205. The van der Waals surface area contributed by atoms with Crippen LogP contribution < -0.4 is 20.1 Å². The highest BCUT2D eigenvalue weighted by Gasteiger charge is 2.30. The monoisotopic (exact) mass is 572 g/mol. The van der Waals surface area contributed by atoms with E-state index in [1.165, 1.54) is 12.1 Å². The van der Waals surface area contributed by atoms with E-state index in [9.17, 15) is 9.59 Å². The lowest BCUT2D eigenvalue weighted by Gasteiger charge is -2.30. The van der Waals surface area contributed by atoms with Gasteiger partial charge in [-0.3, -0.25) is 10.7 Å². The summed E-state index contributed by atoms with van der Waals surface area (Å²) < 4.78 is 38.2. The quantitative estimate of drug-likeness (QED) is 0.200. The Labute approximate surface area is 241 Å². The highest BCUT2D eigenvalue weighted by molar-refractivity contribution is 6.04. The fourth-order valence-corrected chi connectivity index (χ4v) is 4.29. The van der Waals surface area contributed by atoms with E-state index in [2.05, 4.69) is 15.5 Å². The van der Waals surface area contributed by atoms with Gasteiger partial charge in [0.15, 0.2) is 17.6 Å². The van der Waals surface area contributed by atoms with Crippen molar-refractivity contribution in [3.8, 4) is 11.5 Å². The van der Waals surface area contributed by atoms with Crippen LogP contribution in [0.4, 0.5) is 14.9 Å². The van der Waals surface area contributed by atoms with E-state index in [0.717, 1.165) is 25.9 Å². The summed E-state index contributed by atoms with van der Waals surface area (Å²) in [5.74, 6) is -1.10. The maximum absolute atomic E-state index is 16.0. The van der Waals surface area contributed by atoms with Crippen molar-refractivity contribution in [2.45, 2.75) is 65.2 Å². The summed E-state index contributed by atoms with van der Waals surface area (Å²) in [4.78, 5) is 27.3. The van der Waals surface area contributed by atoms with Crippen LogP contribution in [0.25, 0.3) is 0 Å². The molecule has 1 atom stereocenters. The molecule has 0 aliphatic carbocycles. The van der Waals surface area contributed by atoms with Gasteiger partial charge in [0.25, 0.3) is 0 Å². The molecule has 11 heteroatoms. The zero-order chi connectivity index (χ0) is 30.2. The van der Waals surface area contributed by atoms with Crippen LogP contribution in [-0.4, -0.2) is 67.9 Å². The van der Waals surface area contributed by atoms with Gasteiger partial charge in [-0.2, -0.15) is 0 Å². The standard InChI is InChI=1S/C30H41FN4O6/c1-7-38-22-17-23(25(31)24(18-22)40-21-13-15-35(6)16-14-21)26(28(36)39-8-2)33-20-11-9-19(10-12-20)27(32)34-29(37)41-30(3,4)5/h9-12,17-18,21,26,33H,7-8,13-16H2,1-6H3,(H2,32,34,37). The molecule has 2 aromatic rings. The minimum absolute atomic E-state index is 0.0219. The van der Waals surface area contributed by atoms with Crippen molar-refractivity contribution >= 4 is 23.6 Å². The lowest BCUT2D eigenvalue weighted by Crippen LogP contribution is -2.36. The number of rotatable bonds is 10. The average molecular weight is 573 g/mol. The van der Waals surface area contributed by atoms with E-state index < -0.39 is 29.5 Å². The van der Waals surface area contributed by atoms with Crippen LogP contribution in [0, 0.1) is 11.2 Å². The molecule has 224 valence electrons. The molecule has 0 spiro atoms. The number of carbonyl (C=O) groups is 2. The van der Waals surface area contributed by atoms with E-state index in [1.54, 1.807) is 52.0 Å². The molecule has 2 aromatic carbocycles. The van der Waals surface area contributed by atoms with Crippen LogP contribution in [0.15, 0.2) is 36.4 Å². The maximum atomic E-state index is 16.0. The lowest BCUT2D eigenvalue weighted by atomic mass is 10.0. The Hall–Kier alpha value is -3.86. The minimum Gasteiger partial charge on any atom is -0.494 e. The van der Waals surface area contributed by atoms with E-state index in [4.69, 9.17) is 24.4 Å². The number of benzene rings is 2. The summed E-state index contributed by atoms with van der Waals surface area (Å²) >= 11 is 0. The Morgan fingerprint density at radius 1 is 1.10 bits per heavy atom. The number of amides is 1. The van der Waals surface area contributed by atoms with Gasteiger partial charge < -0.3 is 29.2 Å². The number of halogens is 1. The van der Waals surface area contributed by atoms with Crippen LogP contribution in [-0.2, 0) is 14.3 Å². The second-order valence-electron chi connectivity index (χ2n) is 10.8. The van der Waals surface area contributed by atoms with Crippen molar-refractivity contribution in [1.29, 1.82) is 5.41 Å². The summed E-state index contributed by atoms with van der Waals surface area (Å²) in [5, 5.41) is 13.6. The van der Waals surface area contributed by atoms with Gasteiger partial charge in [-0.15, -0.1) is 0 Å². The first kappa shape index (κ1) is 31.7. The van der Waals surface area contributed by atoms with Gasteiger partial charge in [-0.25, -0.2) is 14.0 Å².